The van der Waals surface area contributed by atoms with E-state index in [1.54, 1.807) is 6.92 Å². The van der Waals surface area contributed by atoms with Crippen molar-refractivity contribution in [2.75, 3.05) is 6.54 Å². The lowest BCUT2D eigenvalue weighted by molar-refractivity contribution is -0.129. The zero-order valence-corrected chi connectivity index (χ0v) is 11.2. The molecule has 6 heteroatoms. The molecule has 0 saturated carbocycles. The Morgan fingerprint density at radius 2 is 2.17 bits per heavy atom. The van der Waals surface area contributed by atoms with Gasteiger partial charge in [0.1, 0.15) is 6.04 Å². The third-order valence-electron chi connectivity index (χ3n) is 3.07. The Balaban J connectivity index is 2.32. The SMILES string of the molecule is CCC[C@H](N)C(=O)N[C@@H](C)C(=O)NC1CCCN1. The van der Waals surface area contributed by atoms with Crippen molar-refractivity contribution >= 4 is 11.8 Å². The molecule has 1 aliphatic rings. The summed E-state index contributed by atoms with van der Waals surface area (Å²) in [6.07, 6.45) is 3.50. The monoisotopic (exact) mass is 256 g/mol. The maximum Gasteiger partial charge on any atom is 0.243 e. The minimum absolute atomic E-state index is 0.0289. The molecule has 1 aliphatic heterocycles. The first-order valence-corrected chi connectivity index (χ1v) is 6.64. The molecule has 5 N–H and O–H groups in total. The number of hydrogen-bond donors (Lipinski definition) is 4. The standard InChI is InChI=1S/C12H24N4O2/c1-3-5-9(13)12(18)15-8(2)11(17)16-10-6-4-7-14-10/h8-10,14H,3-7,13H2,1-2H3,(H,15,18)(H,16,17)/t8-,9-,10?/m0/s1. The van der Waals surface area contributed by atoms with E-state index in [2.05, 4.69) is 16.0 Å². The fourth-order valence-corrected chi connectivity index (χ4v) is 1.93. The van der Waals surface area contributed by atoms with E-state index in [1.807, 2.05) is 6.92 Å². The van der Waals surface area contributed by atoms with Crippen molar-refractivity contribution in [2.45, 2.75) is 57.8 Å². The van der Waals surface area contributed by atoms with Crippen molar-refractivity contribution in [1.29, 1.82) is 0 Å². The molecule has 2 amide bonds. The van der Waals surface area contributed by atoms with Crippen molar-refractivity contribution in [2.24, 2.45) is 5.73 Å². The average molecular weight is 256 g/mol. The Labute approximate surface area is 108 Å². The maximum atomic E-state index is 11.8. The quantitative estimate of drug-likeness (QED) is 0.512. The highest BCUT2D eigenvalue weighted by atomic mass is 16.2. The summed E-state index contributed by atoms with van der Waals surface area (Å²) in [5, 5.41) is 8.65. The zero-order chi connectivity index (χ0) is 13.5. The number of hydrogen-bond acceptors (Lipinski definition) is 4. The summed E-state index contributed by atoms with van der Waals surface area (Å²) in [5.74, 6) is -0.440. The third-order valence-corrected chi connectivity index (χ3v) is 3.07. The van der Waals surface area contributed by atoms with Gasteiger partial charge in [-0.25, -0.2) is 0 Å². The normalized spacial score (nSPS) is 22.3. The van der Waals surface area contributed by atoms with Crippen molar-refractivity contribution in [3.8, 4) is 0 Å². The van der Waals surface area contributed by atoms with Crippen LogP contribution in [0.4, 0.5) is 0 Å². The second-order valence-electron chi connectivity index (χ2n) is 4.78. The first kappa shape index (κ1) is 14.9. The Hall–Kier alpha value is -1.14. The molecule has 1 heterocycles. The predicted octanol–water partition coefficient (Wildman–Crippen LogP) is -0.556. The molecule has 0 radical (unpaired) electrons. The lowest BCUT2D eigenvalue weighted by Crippen LogP contribution is -2.53. The highest BCUT2D eigenvalue weighted by Gasteiger charge is 2.22. The minimum Gasteiger partial charge on any atom is -0.343 e. The van der Waals surface area contributed by atoms with Gasteiger partial charge in [0.05, 0.1) is 12.2 Å². The van der Waals surface area contributed by atoms with Gasteiger partial charge in [0.15, 0.2) is 0 Å². The lowest BCUT2D eigenvalue weighted by atomic mass is 10.1. The van der Waals surface area contributed by atoms with Crippen LogP contribution in [0.1, 0.15) is 39.5 Å². The molecule has 1 saturated heterocycles. The molecule has 0 spiro atoms. The Morgan fingerprint density at radius 1 is 1.44 bits per heavy atom. The Bertz CT molecular complexity index is 290. The molecular formula is C12H24N4O2. The number of amides is 2. The van der Waals surface area contributed by atoms with Crippen LogP contribution in [0, 0.1) is 0 Å². The second-order valence-corrected chi connectivity index (χ2v) is 4.78. The number of carbonyl (C=O) groups is 2. The van der Waals surface area contributed by atoms with E-state index in [0.29, 0.717) is 6.42 Å². The molecule has 3 atom stereocenters. The largest absolute Gasteiger partial charge is 0.343 e. The summed E-state index contributed by atoms with van der Waals surface area (Å²) in [6, 6.07) is -1.09. The summed E-state index contributed by atoms with van der Waals surface area (Å²) in [5.41, 5.74) is 5.68. The van der Waals surface area contributed by atoms with E-state index in [0.717, 1.165) is 25.8 Å². The highest BCUT2D eigenvalue weighted by Crippen LogP contribution is 2.02. The predicted molar refractivity (Wildman–Crippen MR) is 69.7 cm³/mol. The van der Waals surface area contributed by atoms with Crippen LogP contribution in [0.25, 0.3) is 0 Å². The second kappa shape index (κ2) is 7.33. The number of nitrogens with two attached hydrogens (primary N) is 1. The van der Waals surface area contributed by atoms with Gasteiger partial charge in [-0.05, 0) is 32.7 Å². The number of nitrogens with one attached hydrogen (secondary N) is 3. The van der Waals surface area contributed by atoms with Crippen molar-refractivity contribution in [3.63, 3.8) is 0 Å². The van der Waals surface area contributed by atoms with Gasteiger partial charge in [-0.1, -0.05) is 13.3 Å². The Kier molecular flexibility index (Phi) is 6.07. The van der Waals surface area contributed by atoms with Gasteiger partial charge in [0, 0.05) is 0 Å². The summed E-state index contributed by atoms with van der Waals surface area (Å²) in [7, 11) is 0. The Morgan fingerprint density at radius 3 is 2.72 bits per heavy atom. The van der Waals surface area contributed by atoms with Crippen molar-refractivity contribution in [1.82, 2.24) is 16.0 Å². The van der Waals surface area contributed by atoms with E-state index < -0.39 is 12.1 Å². The smallest absolute Gasteiger partial charge is 0.243 e. The molecular weight excluding hydrogens is 232 g/mol. The summed E-state index contributed by atoms with van der Waals surface area (Å²) < 4.78 is 0. The highest BCUT2D eigenvalue weighted by molar-refractivity contribution is 5.89. The van der Waals surface area contributed by atoms with Crippen LogP contribution in [-0.2, 0) is 9.59 Å². The van der Waals surface area contributed by atoms with Gasteiger partial charge < -0.3 is 16.4 Å². The molecule has 1 fully saturated rings. The van der Waals surface area contributed by atoms with Crippen LogP contribution in [0.2, 0.25) is 0 Å². The summed E-state index contributed by atoms with van der Waals surface area (Å²) >= 11 is 0. The fraction of sp³-hybridized carbons (Fsp3) is 0.833. The van der Waals surface area contributed by atoms with E-state index in [9.17, 15) is 9.59 Å². The number of carbonyl (C=O) groups excluding carboxylic acids is 2. The minimum atomic E-state index is -0.553. The molecule has 1 rings (SSSR count). The fourth-order valence-electron chi connectivity index (χ4n) is 1.93. The van der Waals surface area contributed by atoms with Gasteiger partial charge in [-0.2, -0.15) is 0 Å². The molecule has 18 heavy (non-hydrogen) atoms. The van der Waals surface area contributed by atoms with Gasteiger partial charge in [-0.3, -0.25) is 14.9 Å². The van der Waals surface area contributed by atoms with E-state index >= 15 is 0 Å². The first-order valence-electron chi connectivity index (χ1n) is 6.64. The molecule has 6 nitrogen and oxygen atoms in total. The molecule has 1 unspecified atom stereocenters. The average Bonchev–Trinajstić information content (AvgIpc) is 2.81. The van der Waals surface area contributed by atoms with Crippen molar-refractivity contribution < 1.29 is 9.59 Å². The third kappa shape index (κ3) is 4.62. The molecule has 0 aromatic rings. The molecule has 0 aromatic carbocycles. The van der Waals surface area contributed by atoms with Crippen LogP contribution in [0.15, 0.2) is 0 Å². The van der Waals surface area contributed by atoms with Crippen LogP contribution >= 0.6 is 0 Å². The van der Waals surface area contributed by atoms with Gasteiger partial charge in [0.2, 0.25) is 11.8 Å². The van der Waals surface area contributed by atoms with Crippen LogP contribution in [0.3, 0.4) is 0 Å². The maximum absolute atomic E-state index is 11.8. The van der Waals surface area contributed by atoms with Crippen LogP contribution < -0.4 is 21.7 Å². The summed E-state index contributed by atoms with van der Waals surface area (Å²) in [4.78, 5) is 23.5. The van der Waals surface area contributed by atoms with E-state index in [-0.39, 0.29) is 18.0 Å². The first-order chi connectivity index (χ1) is 8.54. The van der Waals surface area contributed by atoms with E-state index in [4.69, 9.17) is 5.73 Å². The van der Waals surface area contributed by atoms with Gasteiger partial charge in [0.25, 0.3) is 0 Å². The summed E-state index contributed by atoms with van der Waals surface area (Å²) in [6.45, 7) is 4.56. The molecule has 0 aliphatic carbocycles. The van der Waals surface area contributed by atoms with Crippen LogP contribution in [0.5, 0.6) is 0 Å². The molecule has 0 aromatic heterocycles. The van der Waals surface area contributed by atoms with Gasteiger partial charge >= 0.3 is 0 Å². The van der Waals surface area contributed by atoms with Gasteiger partial charge in [-0.15, -0.1) is 0 Å². The lowest BCUT2D eigenvalue weighted by Gasteiger charge is -2.19. The number of rotatable bonds is 6. The van der Waals surface area contributed by atoms with E-state index in [1.165, 1.54) is 0 Å². The topological polar surface area (TPSA) is 96.2 Å². The molecule has 104 valence electrons. The molecule has 0 bridgehead atoms. The van der Waals surface area contributed by atoms with Crippen LogP contribution in [-0.4, -0.2) is 36.6 Å². The zero-order valence-electron chi connectivity index (χ0n) is 11.2. The van der Waals surface area contributed by atoms with Crippen molar-refractivity contribution in [3.05, 3.63) is 0 Å².